The molecule has 4 aromatic rings. The molecule has 0 saturated heterocycles. The van der Waals surface area contributed by atoms with Gasteiger partial charge in [0, 0.05) is 60.3 Å². The van der Waals surface area contributed by atoms with Gasteiger partial charge in [-0.15, -0.1) is 0 Å². The largest absolute Gasteiger partial charge is 0.456 e. The van der Waals surface area contributed by atoms with Crippen LogP contribution in [0.3, 0.4) is 0 Å². The summed E-state index contributed by atoms with van der Waals surface area (Å²) in [7, 11) is 0. The maximum Gasteiger partial charge on any atom is 0.340 e. The van der Waals surface area contributed by atoms with Crippen LogP contribution in [0.1, 0.15) is 53.4 Å². The van der Waals surface area contributed by atoms with Crippen LogP contribution in [0.25, 0.3) is 0 Å². The van der Waals surface area contributed by atoms with Crippen LogP contribution in [0, 0.1) is 0 Å². The second-order valence-corrected chi connectivity index (χ2v) is 9.75. The van der Waals surface area contributed by atoms with E-state index in [1.165, 1.54) is 5.56 Å². The van der Waals surface area contributed by atoms with Crippen molar-refractivity contribution in [2.24, 2.45) is 0 Å². The van der Waals surface area contributed by atoms with Crippen molar-refractivity contribution < 1.29 is 14.3 Å². The summed E-state index contributed by atoms with van der Waals surface area (Å²) >= 11 is 0. The van der Waals surface area contributed by atoms with Crippen molar-refractivity contribution in [3.8, 4) is 11.5 Å². The van der Waals surface area contributed by atoms with Gasteiger partial charge in [-0.2, -0.15) is 0 Å². The van der Waals surface area contributed by atoms with Gasteiger partial charge in [-0.25, -0.2) is 4.79 Å². The van der Waals surface area contributed by atoms with Crippen molar-refractivity contribution in [2.45, 2.75) is 32.9 Å². The lowest BCUT2D eigenvalue weighted by Crippen LogP contribution is -2.34. The van der Waals surface area contributed by atoms with E-state index in [4.69, 9.17) is 9.47 Å². The minimum atomic E-state index is -1.07. The van der Waals surface area contributed by atoms with Gasteiger partial charge in [0.15, 0.2) is 5.60 Å². The van der Waals surface area contributed by atoms with Crippen LogP contribution in [0.15, 0.2) is 91.0 Å². The Hall–Kier alpha value is -4.25. The SMILES string of the molecule is CCN(CC)c1ccc2c(c1)Oc1ccc(N(CC)Cc3ccccc3)cc1C21OC(=O)c2ccccc21. The van der Waals surface area contributed by atoms with E-state index in [0.29, 0.717) is 11.3 Å². The number of hydrogen-bond acceptors (Lipinski definition) is 5. The minimum Gasteiger partial charge on any atom is -0.456 e. The fourth-order valence-corrected chi connectivity index (χ4v) is 5.82. The van der Waals surface area contributed by atoms with Gasteiger partial charge in [0.05, 0.1) is 5.56 Å². The second-order valence-electron chi connectivity index (χ2n) is 9.75. The summed E-state index contributed by atoms with van der Waals surface area (Å²) < 4.78 is 12.9. The molecule has 38 heavy (non-hydrogen) atoms. The molecule has 6 rings (SSSR count). The quantitative estimate of drug-likeness (QED) is 0.251. The second kappa shape index (κ2) is 9.56. The third kappa shape index (κ3) is 3.73. The zero-order valence-electron chi connectivity index (χ0n) is 22.1. The average molecular weight is 505 g/mol. The molecule has 5 heteroatoms. The molecule has 0 bridgehead atoms. The molecule has 2 aliphatic rings. The zero-order chi connectivity index (χ0) is 26.3. The first kappa shape index (κ1) is 24.1. The van der Waals surface area contributed by atoms with Gasteiger partial charge in [-0.3, -0.25) is 0 Å². The number of carbonyl (C=O) groups excluding carboxylic acids is 1. The Morgan fingerprint density at radius 3 is 2.11 bits per heavy atom. The highest BCUT2D eigenvalue weighted by Crippen LogP contribution is 2.57. The van der Waals surface area contributed by atoms with Crippen LogP contribution in [0.4, 0.5) is 11.4 Å². The number of nitrogens with zero attached hydrogens (tertiary/aromatic N) is 2. The van der Waals surface area contributed by atoms with E-state index in [0.717, 1.165) is 60.0 Å². The zero-order valence-corrected chi connectivity index (χ0v) is 22.1. The van der Waals surface area contributed by atoms with Gasteiger partial charge in [0.25, 0.3) is 0 Å². The molecule has 0 amide bonds. The number of carbonyl (C=O) groups is 1. The summed E-state index contributed by atoms with van der Waals surface area (Å²) in [6.07, 6.45) is 0. The number of benzene rings is 4. The first-order valence-electron chi connectivity index (χ1n) is 13.4. The van der Waals surface area contributed by atoms with Crippen molar-refractivity contribution in [1.82, 2.24) is 0 Å². The number of hydrogen-bond donors (Lipinski definition) is 0. The molecule has 5 nitrogen and oxygen atoms in total. The van der Waals surface area contributed by atoms with E-state index >= 15 is 0 Å². The molecule has 0 radical (unpaired) electrons. The van der Waals surface area contributed by atoms with Gasteiger partial charge in [0.2, 0.25) is 0 Å². The summed E-state index contributed by atoms with van der Waals surface area (Å²) in [6.45, 7) is 9.85. The number of ether oxygens (including phenoxy) is 2. The first-order chi connectivity index (χ1) is 18.6. The smallest absolute Gasteiger partial charge is 0.340 e. The van der Waals surface area contributed by atoms with Crippen LogP contribution in [0.5, 0.6) is 11.5 Å². The lowest BCUT2D eigenvalue weighted by molar-refractivity contribution is 0.0224. The molecule has 0 fully saturated rings. The molecule has 2 heterocycles. The molecular weight excluding hydrogens is 472 g/mol. The number of esters is 1. The summed E-state index contributed by atoms with van der Waals surface area (Å²) in [5.41, 5.74) is 5.47. The predicted molar refractivity (Wildman–Crippen MR) is 151 cm³/mol. The highest BCUT2D eigenvalue weighted by Gasteiger charge is 2.53. The fourth-order valence-electron chi connectivity index (χ4n) is 5.82. The molecule has 1 atom stereocenters. The molecule has 0 saturated carbocycles. The third-order valence-corrected chi connectivity index (χ3v) is 7.77. The van der Waals surface area contributed by atoms with E-state index < -0.39 is 5.60 Å². The molecular formula is C33H32N2O3. The maximum absolute atomic E-state index is 13.3. The van der Waals surface area contributed by atoms with Gasteiger partial charge in [-0.05, 0) is 62.7 Å². The molecule has 2 aliphatic heterocycles. The minimum absolute atomic E-state index is 0.311. The van der Waals surface area contributed by atoms with E-state index in [-0.39, 0.29) is 5.97 Å². The number of rotatable bonds is 7. The van der Waals surface area contributed by atoms with Crippen molar-refractivity contribution in [2.75, 3.05) is 29.4 Å². The van der Waals surface area contributed by atoms with Gasteiger partial charge in [-0.1, -0.05) is 48.5 Å². The predicted octanol–water partition coefficient (Wildman–Crippen LogP) is 7.13. The van der Waals surface area contributed by atoms with Crippen LogP contribution < -0.4 is 14.5 Å². The maximum atomic E-state index is 13.3. The van der Waals surface area contributed by atoms with Gasteiger partial charge < -0.3 is 19.3 Å². The lowest BCUT2D eigenvalue weighted by Gasteiger charge is -2.38. The molecule has 192 valence electrons. The monoisotopic (exact) mass is 504 g/mol. The molecule has 0 N–H and O–H groups in total. The van der Waals surface area contributed by atoms with Crippen LogP contribution in [-0.4, -0.2) is 25.6 Å². The van der Waals surface area contributed by atoms with E-state index in [1.807, 2.05) is 36.4 Å². The highest BCUT2D eigenvalue weighted by atomic mass is 16.6. The van der Waals surface area contributed by atoms with Crippen molar-refractivity contribution >= 4 is 17.3 Å². The lowest BCUT2D eigenvalue weighted by atomic mass is 9.77. The number of anilines is 2. The molecule has 0 aromatic heterocycles. The van der Waals surface area contributed by atoms with Crippen molar-refractivity contribution in [3.63, 3.8) is 0 Å². The Morgan fingerprint density at radius 2 is 1.34 bits per heavy atom. The molecule has 4 aromatic carbocycles. The Morgan fingerprint density at radius 1 is 0.658 bits per heavy atom. The van der Waals surface area contributed by atoms with Crippen LogP contribution >= 0.6 is 0 Å². The van der Waals surface area contributed by atoms with Crippen LogP contribution in [-0.2, 0) is 16.9 Å². The first-order valence-corrected chi connectivity index (χ1v) is 13.4. The Kier molecular flexibility index (Phi) is 6.07. The molecule has 0 aliphatic carbocycles. The normalized spacial score (nSPS) is 16.8. The highest BCUT2D eigenvalue weighted by molar-refractivity contribution is 5.97. The summed E-state index contributed by atoms with van der Waals surface area (Å²) in [6, 6.07) is 30.7. The Balaban J connectivity index is 1.53. The Bertz CT molecular complexity index is 1500. The van der Waals surface area contributed by atoms with E-state index in [9.17, 15) is 4.79 Å². The number of fused-ring (bicyclic) bond motifs is 6. The van der Waals surface area contributed by atoms with Crippen LogP contribution in [0.2, 0.25) is 0 Å². The topological polar surface area (TPSA) is 42.0 Å². The van der Waals surface area contributed by atoms with Crippen molar-refractivity contribution in [1.29, 1.82) is 0 Å². The third-order valence-electron chi connectivity index (χ3n) is 7.77. The summed E-state index contributed by atoms with van der Waals surface area (Å²) in [5.74, 6) is 1.11. The summed E-state index contributed by atoms with van der Waals surface area (Å²) in [5, 5.41) is 0. The Labute approximate surface area is 224 Å². The summed E-state index contributed by atoms with van der Waals surface area (Å²) in [4.78, 5) is 17.9. The molecule has 1 spiro atoms. The van der Waals surface area contributed by atoms with E-state index in [1.54, 1.807) is 0 Å². The van der Waals surface area contributed by atoms with E-state index in [2.05, 4.69) is 85.2 Å². The van der Waals surface area contributed by atoms with Crippen molar-refractivity contribution in [3.05, 3.63) is 119 Å². The average Bonchev–Trinajstić information content (AvgIpc) is 3.25. The van der Waals surface area contributed by atoms with Gasteiger partial charge >= 0.3 is 5.97 Å². The van der Waals surface area contributed by atoms with Gasteiger partial charge in [0.1, 0.15) is 11.5 Å². The standard InChI is InChI=1S/C33H32N2O3/c1-4-34(5-2)25-16-18-28-31(21-25)37-30-19-17-24(35(6-3)22-23-12-8-7-9-13-23)20-29(30)33(28)27-15-11-10-14-26(27)32(36)38-33/h7-21H,4-6,22H2,1-3H3. The fraction of sp³-hybridized carbons (Fsp3) is 0.242. The molecule has 1 unspecified atom stereocenters.